The van der Waals surface area contributed by atoms with Crippen LogP contribution in [0.1, 0.15) is 0 Å². The first kappa shape index (κ1) is 11.5. The minimum atomic E-state index is -0.392. The molecule has 3 aromatic rings. The third-order valence-corrected chi connectivity index (χ3v) is 2.76. The molecule has 0 aliphatic carbocycles. The van der Waals surface area contributed by atoms with E-state index < -0.39 is 5.82 Å². The number of benzene rings is 2. The van der Waals surface area contributed by atoms with E-state index in [2.05, 4.69) is 4.98 Å². The molecule has 0 aliphatic heterocycles. The predicted molar refractivity (Wildman–Crippen MR) is 72.6 cm³/mol. The van der Waals surface area contributed by atoms with Gasteiger partial charge in [-0.1, -0.05) is 18.2 Å². The minimum Gasteiger partial charge on any atom is -0.437 e. The molecule has 0 amide bonds. The Morgan fingerprint density at radius 3 is 2.68 bits per heavy atom. The Balaban J connectivity index is 1.96. The number of nitrogens with zero attached hydrogens (tertiary/aromatic N) is 1. The fourth-order valence-corrected chi connectivity index (χ4v) is 1.83. The number of rotatable bonds is 2. The topological polar surface area (TPSA) is 48.1 Å². The summed E-state index contributed by atoms with van der Waals surface area (Å²) in [6.07, 6.45) is 0. The number of anilines is 1. The number of para-hydroxylation sites is 1. The molecule has 94 valence electrons. The first-order valence-electron chi connectivity index (χ1n) is 5.81. The fourth-order valence-electron chi connectivity index (χ4n) is 1.83. The van der Waals surface area contributed by atoms with Gasteiger partial charge in [0, 0.05) is 17.5 Å². The Morgan fingerprint density at radius 1 is 1.00 bits per heavy atom. The third-order valence-electron chi connectivity index (χ3n) is 2.76. The first-order valence-corrected chi connectivity index (χ1v) is 5.81. The molecule has 2 aromatic carbocycles. The van der Waals surface area contributed by atoms with Crippen molar-refractivity contribution >= 4 is 16.6 Å². The monoisotopic (exact) mass is 254 g/mol. The molecule has 0 unspecified atom stereocenters. The van der Waals surface area contributed by atoms with Crippen LogP contribution in [0.15, 0.2) is 54.6 Å². The molecule has 3 rings (SSSR count). The molecule has 19 heavy (non-hydrogen) atoms. The van der Waals surface area contributed by atoms with Gasteiger partial charge in [0.25, 0.3) is 0 Å². The highest BCUT2D eigenvalue weighted by atomic mass is 19.1. The number of hydrogen-bond acceptors (Lipinski definition) is 3. The Labute approximate surface area is 109 Å². The molecule has 1 heterocycles. The van der Waals surface area contributed by atoms with Crippen molar-refractivity contribution in [2.24, 2.45) is 0 Å². The van der Waals surface area contributed by atoms with E-state index in [0.29, 0.717) is 11.6 Å². The van der Waals surface area contributed by atoms with E-state index in [0.717, 1.165) is 10.9 Å². The molecular weight excluding hydrogens is 243 g/mol. The van der Waals surface area contributed by atoms with Crippen molar-refractivity contribution in [2.45, 2.75) is 0 Å². The van der Waals surface area contributed by atoms with Gasteiger partial charge in [0.1, 0.15) is 5.82 Å². The van der Waals surface area contributed by atoms with Crippen molar-refractivity contribution in [3.8, 4) is 11.6 Å². The number of fused-ring (bicyclic) bond motifs is 1. The second-order valence-corrected chi connectivity index (χ2v) is 4.13. The van der Waals surface area contributed by atoms with E-state index in [1.807, 2.05) is 30.3 Å². The van der Waals surface area contributed by atoms with E-state index in [1.54, 1.807) is 6.07 Å². The summed E-state index contributed by atoms with van der Waals surface area (Å²) in [6, 6.07) is 15.4. The van der Waals surface area contributed by atoms with Gasteiger partial charge in [-0.25, -0.2) is 9.37 Å². The molecule has 2 N–H and O–H groups in total. The largest absolute Gasteiger partial charge is 0.437 e. The van der Waals surface area contributed by atoms with Gasteiger partial charge in [-0.15, -0.1) is 0 Å². The number of ether oxygens (including phenoxy) is 1. The highest BCUT2D eigenvalue weighted by Crippen LogP contribution is 2.27. The van der Waals surface area contributed by atoms with E-state index in [9.17, 15) is 4.39 Å². The third kappa shape index (κ3) is 2.33. The number of nitrogens with two attached hydrogens (primary N) is 1. The lowest BCUT2D eigenvalue weighted by atomic mass is 10.2. The summed E-state index contributed by atoms with van der Waals surface area (Å²) in [4.78, 5) is 4.36. The van der Waals surface area contributed by atoms with Crippen molar-refractivity contribution in [3.63, 3.8) is 0 Å². The van der Waals surface area contributed by atoms with Crippen LogP contribution in [0.5, 0.6) is 11.6 Å². The van der Waals surface area contributed by atoms with Crippen molar-refractivity contribution in [3.05, 3.63) is 60.4 Å². The van der Waals surface area contributed by atoms with Gasteiger partial charge in [0.2, 0.25) is 5.88 Å². The summed E-state index contributed by atoms with van der Waals surface area (Å²) in [5, 5.41) is 1.03. The quantitative estimate of drug-likeness (QED) is 0.708. The highest BCUT2D eigenvalue weighted by molar-refractivity contribution is 5.78. The van der Waals surface area contributed by atoms with Gasteiger partial charge >= 0.3 is 0 Å². The molecule has 0 saturated heterocycles. The number of pyridine rings is 1. The molecule has 0 aliphatic rings. The summed E-state index contributed by atoms with van der Waals surface area (Å²) < 4.78 is 18.5. The lowest BCUT2D eigenvalue weighted by molar-refractivity contribution is 0.466. The molecule has 0 fully saturated rings. The molecule has 0 saturated carbocycles. The average Bonchev–Trinajstić information content (AvgIpc) is 2.42. The SMILES string of the molecule is Nc1cc(F)ccc1Oc1ccc2ccccc2n1. The van der Waals surface area contributed by atoms with Crippen molar-refractivity contribution in [1.29, 1.82) is 0 Å². The van der Waals surface area contributed by atoms with Crippen LogP contribution in [0.4, 0.5) is 10.1 Å². The van der Waals surface area contributed by atoms with Crippen LogP contribution >= 0.6 is 0 Å². The van der Waals surface area contributed by atoms with E-state index in [1.165, 1.54) is 18.2 Å². The standard InChI is InChI=1S/C15H11FN2O/c16-11-6-7-14(12(17)9-11)19-15-8-5-10-3-1-2-4-13(10)18-15/h1-9H,17H2. The highest BCUT2D eigenvalue weighted by Gasteiger charge is 2.05. The van der Waals surface area contributed by atoms with Crippen molar-refractivity contribution in [2.75, 3.05) is 5.73 Å². The zero-order chi connectivity index (χ0) is 13.2. The molecule has 1 aromatic heterocycles. The number of halogens is 1. The zero-order valence-electron chi connectivity index (χ0n) is 10.0. The summed E-state index contributed by atoms with van der Waals surface area (Å²) in [5.74, 6) is 0.428. The van der Waals surface area contributed by atoms with Gasteiger partial charge in [-0.2, -0.15) is 0 Å². The van der Waals surface area contributed by atoms with E-state index in [-0.39, 0.29) is 5.69 Å². The Kier molecular flexibility index (Phi) is 2.76. The Hall–Kier alpha value is -2.62. The average molecular weight is 254 g/mol. The van der Waals surface area contributed by atoms with Crippen LogP contribution in [0.25, 0.3) is 10.9 Å². The number of nitrogen functional groups attached to an aromatic ring is 1. The molecule has 0 radical (unpaired) electrons. The van der Waals surface area contributed by atoms with Crippen LogP contribution in [-0.2, 0) is 0 Å². The molecule has 0 spiro atoms. The van der Waals surface area contributed by atoms with Crippen LogP contribution in [0, 0.1) is 5.82 Å². The molecule has 3 nitrogen and oxygen atoms in total. The number of hydrogen-bond donors (Lipinski definition) is 1. The predicted octanol–water partition coefficient (Wildman–Crippen LogP) is 3.75. The van der Waals surface area contributed by atoms with Crippen molar-refractivity contribution < 1.29 is 9.13 Å². The summed E-state index contributed by atoms with van der Waals surface area (Å²) in [5.41, 5.74) is 6.77. The Morgan fingerprint density at radius 2 is 1.84 bits per heavy atom. The molecule has 0 bridgehead atoms. The van der Waals surface area contributed by atoms with Gasteiger partial charge in [-0.3, -0.25) is 0 Å². The van der Waals surface area contributed by atoms with E-state index >= 15 is 0 Å². The van der Waals surface area contributed by atoms with Gasteiger partial charge in [-0.05, 0) is 24.3 Å². The van der Waals surface area contributed by atoms with Gasteiger partial charge in [0.15, 0.2) is 5.75 Å². The lowest BCUT2D eigenvalue weighted by Crippen LogP contribution is -1.94. The maximum absolute atomic E-state index is 12.9. The maximum Gasteiger partial charge on any atom is 0.219 e. The molecule has 4 heteroatoms. The van der Waals surface area contributed by atoms with Crippen LogP contribution in [0.2, 0.25) is 0 Å². The summed E-state index contributed by atoms with van der Waals surface area (Å²) in [7, 11) is 0. The summed E-state index contributed by atoms with van der Waals surface area (Å²) >= 11 is 0. The lowest BCUT2D eigenvalue weighted by Gasteiger charge is -2.08. The van der Waals surface area contributed by atoms with Crippen LogP contribution in [0.3, 0.4) is 0 Å². The molecular formula is C15H11FN2O. The van der Waals surface area contributed by atoms with E-state index in [4.69, 9.17) is 10.5 Å². The van der Waals surface area contributed by atoms with Crippen molar-refractivity contribution in [1.82, 2.24) is 4.98 Å². The first-order chi connectivity index (χ1) is 9.22. The second-order valence-electron chi connectivity index (χ2n) is 4.13. The summed E-state index contributed by atoms with van der Waals surface area (Å²) in [6.45, 7) is 0. The fraction of sp³-hybridized carbons (Fsp3) is 0. The van der Waals surface area contributed by atoms with Crippen LogP contribution < -0.4 is 10.5 Å². The van der Waals surface area contributed by atoms with Gasteiger partial charge in [0.05, 0.1) is 11.2 Å². The van der Waals surface area contributed by atoms with Crippen LogP contribution in [-0.4, -0.2) is 4.98 Å². The second kappa shape index (κ2) is 4.57. The molecule has 0 atom stereocenters. The smallest absolute Gasteiger partial charge is 0.219 e. The number of aromatic nitrogens is 1. The van der Waals surface area contributed by atoms with Gasteiger partial charge < -0.3 is 10.5 Å². The maximum atomic E-state index is 12.9. The minimum absolute atomic E-state index is 0.245. The zero-order valence-corrected chi connectivity index (χ0v) is 10.0. The Bertz CT molecular complexity index is 743. The normalized spacial score (nSPS) is 10.6.